The average Bonchev–Trinajstić information content (AvgIpc) is 2.58. The molecule has 2 aliphatic carbocycles. The lowest BCUT2D eigenvalue weighted by Gasteiger charge is -2.37. The Hall–Kier alpha value is -1.68. The average molecular weight is 336 g/mol. The summed E-state index contributed by atoms with van der Waals surface area (Å²) in [6.07, 6.45) is 7.78. The lowest BCUT2D eigenvalue weighted by Crippen LogP contribution is -2.40. The predicted octanol–water partition coefficient (Wildman–Crippen LogP) is 5.10. The highest BCUT2D eigenvalue weighted by Crippen LogP contribution is 2.39. The van der Waals surface area contributed by atoms with Gasteiger partial charge in [-0.05, 0) is 48.6 Å². The summed E-state index contributed by atoms with van der Waals surface area (Å²) >= 11 is 0. The number of nitrogens with one attached hydrogen (secondary N) is 2. The molecule has 0 radical (unpaired) electrons. The maximum Gasteiger partial charge on any atom is 0.0618 e. The van der Waals surface area contributed by atoms with Crippen molar-refractivity contribution in [2.75, 3.05) is 0 Å². The molecule has 2 N–H and O–H groups in total. The van der Waals surface area contributed by atoms with Crippen molar-refractivity contribution in [3.05, 3.63) is 71.8 Å². The molecule has 2 atom stereocenters. The summed E-state index contributed by atoms with van der Waals surface area (Å²) in [5.41, 5.74) is 9.29. The Morgan fingerprint density at radius 1 is 0.640 bits per heavy atom. The first-order valence-corrected chi connectivity index (χ1v) is 9.68. The Balaban J connectivity index is 1.40. The van der Waals surface area contributed by atoms with Gasteiger partial charge in [-0.15, -0.1) is 0 Å². The van der Waals surface area contributed by atoms with E-state index in [1.54, 1.807) is 0 Å². The topological polar surface area (TPSA) is 33.3 Å². The highest BCUT2D eigenvalue weighted by atomic mass is 16.8. The molecule has 2 saturated carbocycles. The van der Waals surface area contributed by atoms with Gasteiger partial charge in [-0.3, -0.25) is 0 Å². The lowest BCUT2D eigenvalue weighted by molar-refractivity contribution is -0.103. The van der Waals surface area contributed by atoms with E-state index in [2.05, 4.69) is 71.6 Å². The molecule has 0 saturated heterocycles. The second-order valence-corrected chi connectivity index (χ2v) is 7.50. The third-order valence-corrected chi connectivity index (χ3v) is 5.93. The molecule has 0 spiro atoms. The molecule has 4 rings (SSSR count). The molecule has 25 heavy (non-hydrogen) atoms. The zero-order valence-corrected chi connectivity index (χ0v) is 14.7. The zero-order valence-electron chi connectivity index (χ0n) is 14.7. The molecule has 3 heteroatoms. The Labute approximate surface area is 150 Å². The van der Waals surface area contributed by atoms with E-state index in [1.165, 1.54) is 49.7 Å². The van der Waals surface area contributed by atoms with Gasteiger partial charge in [0.05, 0.1) is 12.1 Å². The number of hydrogen-bond donors (Lipinski definition) is 2. The first-order chi connectivity index (χ1) is 12.4. The van der Waals surface area contributed by atoms with E-state index in [-0.39, 0.29) is 12.1 Å². The first-order valence-electron chi connectivity index (χ1n) is 9.68. The molecule has 0 aliphatic heterocycles. The lowest BCUT2D eigenvalue weighted by atomic mass is 9.77. The van der Waals surface area contributed by atoms with Crippen molar-refractivity contribution in [3.8, 4) is 0 Å². The molecule has 132 valence electrons. The Bertz CT molecular complexity index is 580. The van der Waals surface area contributed by atoms with E-state index in [9.17, 15) is 0 Å². The summed E-state index contributed by atoms with van der Waals surface area (Å²) in [7, 11) is 0. The zero-order chi connectivity index (χ0) is 16.9. The fourth-order valence-corrected chi connectivity index (χ4v) is 3.90. The number of benzene rings is 2. The van der Waals surface area contributed by atoms with Crippen molar-refractivity contribution in [1.29, 1.82) is 0 Å². The van der Waals surface area contributed by atoms with Gasteiger partial charge in [-0.1, -0.05) is 73.5 Å². The molecule has 2 aliphatic rings. The van der Waals surface area contributed by atoms with Crippen LogP contribution >= 0.6 is 0 Å². The van der Waals surface area contributed by atoms with E-state index < -0.39 is 0 Å². The SMILES string of the molecule is c1ccc(C(NONC(c2ccccc2)C2CCC2)C2CCC2)cc1. The summed E-state index contributed by atoms with van der Waals surface area (Å²) in [5.74, 6) is 1.34. The van der Waals surface area contributed by atoms with E-state index in [0.29, 0.717) is 11.8 Å². The van der Waals surface area contributed by atoms with Crippen LogP contribution in [0.3, 0.4) is 0 Å². The predicted molar refractivity (Wildman–Crippen MR) is 100 cm³/mol. The number of hydroxylamine groups is 2. The monoisotopic (exact) mass is 336 g/mol. The van der Waals surface area contributed by atoms with Crippen LogP contribution in [0.25, 0.3) is 0 Å². The number of rotatable bonds is 8. The van der Waals surface area contributed by atoms with Crippen LogP contribution < -0.4 is 11.0 Å². The third kappa shape index (κ3) is 3.95. The minimum atomic E-state index is 0.264. The Morgan fingerprint density at radius 2 is 1.04 bits per heavy atom. The standard InChI is InChI=1S/C22H28N2O/c1-3-9-17(10-4-1)21(19-13-7-14-19)23-25-24-22(20-15-8-16-20)18-11-5-2-6-12-18/h1-6,9-12,19-24H,7-8,13-16H2. The van der Waals surface area contributed by atoms with Gasteiger partial charge < -0.3 is 0 Å². The fraction of sp³-hybridized carbons (Fsp3) is 0.455. The summed E-state index contributed by atoms with van der Waals surface area (Å²) in [5, 5.41) is 0. The Kier molecular flexibility index (Phi) is 5.46. The van der Waals surface area contributed by atoms with Crippen molar-refractivity contribution in [2.24, 2.45) is 11.8 Å². The van der Waals surface area contributed by atoms with Gasteiger partial charge in [0, 0.05) is 0 Å². The van der Waals surface area contributed by atoms with Crippen LogP contribution in [0.4, 0.5) is 0 Å². The summed E-state index contributed by atoms with van der Waals surface area (Å²) < 4.78 is 0. The van der Waals surface area contributed by atoms with Crippen molar-refractivity contribution in [2.45, 2.75) is 50.6 Å². The highest BCUT2D eigenvalue weighted by Gasteiger charge is 2.31. The molecule has 0 aromatic heterocycles. The smallest absolute Gasteiger partial charge is 0.0618 e. The molecule has 2 fully saturated rings. The molecular formula is C22H28N2O. The summed E-state index contributed by atoms with van der Waals surface area (Å²) in [6, 6.07) is 21.9. The molecule has 2 aromatic carbocycles. The van der Waals surface area contributed by atoms with Crippen LogP contribution in [0.5, 0.6) is 0 Å². The van der Waals surface area contributed by atoms with Gasteiger partial charge in [0.15, 0.2) is 0 Å². The first kappa shape index (κ1) is 16.8. The molecule has 3 nitrogen and oxygen atoms in total. The van der Waals surface area contributed by atoms with Gasteiger partial charge in [-0.2, -0.15) is 11.0 Å². The van der Waals surface area contributed by atoms with Crippen molar-refractivity contribution < 1.29 is 4.94 Å². The van der Waals surface area contributed by atoms with Crippen molar-refractivity contribution in [1.82, 2.24) is 11.0 Å². The largest absolute Gasteiger partial charge is 0.213 e. The van der Waals surface area contributed by atoms with Crippen LogP contribution in [0, 0.1) is 11.8 Å². The molecule has 2 unspecified atom stereocenters. The molecule has 0 amide bonds. The fourth-order valence-electron chi connectivity index (χ4n) is 3.90. The van der Waals surface area contributed by atoms with Crippen LogP contribution in [0.2, 0.25) is 0 Å². The second-order valence-electron chi connectivity index (χ2n) is 7.50. The highest BCUT2D eigenvalue weighted by molar-refractivity contribution is 5.21. The normalized spacial score (nSPS) is 20.5. The maximum absolute atomic E-state index is 5.88. The van der Waals surface area contributed by atoms with Gasteiger partial charge in [0.2, 0.25) is 0 Å². The van der Waals surface area contributed by atoms with Gasteiger partial charge >= 0.3 is 0 Å². The van der Waals surface area contributed by atoms with E-state index in [1.807, 2.05) is 0 Å². The minimum absolute atomic E-state index is 0.264. The quantitative estimate of drug-likeness (QED) is 0.658. The van der Waals surface area contributed by atoms with Gasteiger partial charge in [0.1, 0.15) is 0 Å². The molecule has 2 aromatic rings. The Morgan fingerprint density at radius 3 is 1.36 bits per heavy atom. The molecular weight excluding hydrogens is 308 g/mol. The van der Waals surface area contributed by atoms with Crippen LogP contribution in [-0.4, -0.2) is 0 Å². The molecule has 0 heterocycles. The van der Waals surface area contributed by atoms with Crippen molar-refractivity contribution >= 4 is 0 Å². The van der Waals surface area contributed by atoms with E-state index in [4.69, 9.17) is 4.94 Å². The maximum atomic E-state index is 5.88. The van der Waals surface area contributed by atoms with E-state index >= 15 is 0 Å². The number of hydrogen-bond acceptors (Lipinski definition) is 3. The third-order valence-electron chi connectivity index (χ3n) is 5.93. The van der Waals surface area contributed by atoms with Gasteiger partial charge in [-0.25, -0.2) is 4.94 Å². The van der Waals surface area contributed by atoms with Crippen LogP contribution in [0.1, 0.15) is 61.7 Å². The minimum Gasteiger partial charge on any atom is -0.213 e. The van der Waals surface area contributed by atoms with E-state index in [0.717, 1.165) is 0 Å². The molecule has 0 bridgehead atoms. The summed E-state index contributed by atoms with van der Waals surface area (Å²) in [6.45, 7) is 0. The van der Waals surface area contributed by atoms with Crippen LogP contribution in [0.15, 0.2) is 60.7 Å². The van der Waals surface area contributed by atoms with Gasteiger partial charge in [0.25, 0.3) is 0 Å². The second kappa shape index (κ2) is 8.13. The van der Waals surface area contributed by atoms with Crippen molar-refractivity contribution in [3.63, 3.8) is 0 Å². The van der Waals surface area contributed by atoms with Crippen LogP contribution in [-0.2, 0) is 4.94 Å². The summed E-state index contributed by atoms with van der Waals surface area (Å²) in [4.78, 5) is 5.88.